The van der Waals surface area contributed by atoms with Crippen LogP contribution in [0.25, 0.3) is 111 Å². The summed E-state index contributed by atoms with van der Waals surface area (Å²) in [6.45, 7) is 0. The van der Waals surface area contributed by atoms with Crippen molar-refractivity contribution in [2.45, 2.75) is 0 Å². The molecule has 0 atom stereocenters. The Kier molecular flexibility index (Phi) is 10.9. The minimum absolute atomic E-state index is 0.883. The Bertz CT molecular complexity index is 4040. The predicted molar refractivity (Wildman–Crippen MR) is 304 cm³/mol. The molecule has 1 aromatic heterocycles. The molecular weight excluding hydrogens is 871 g/mol. The number of para-hydroxylation sites is 2. The SMILES string of the molecule is c1ccc(-c2ccc(-c3ccccc3N(c3ccc(-c4ccc(-c5cccc(-c6oc7ccccc7c6-c6ccccc6)c5)cc4)cc3)c3ccc(-c4ccc5c(ccc6ccccc65)c4)cc3)cc2)cc1. The molecule has 2 nitrogen and oxygen atoms in total. The minimum atomic E-state index is 0.883. The molecule has 0 saturated carbocycles. The second-order valence-corrected chi connectivity index (χ2v) is 18.4. The molecule has 0 radical (unpaired) electrons. The zero-order chi connectivity index (χ0) is 47.8. The summed E-state index contributed by atoms with van der Waals surface area (Å²) in [6.07, 6.45) is 0. The van der Waals surface area contributed by atoms with E-state index in [1.807, 2.05) is 6.07 Å². The van der Waals surface area contributed by atoms with E-state index in [1.165, 1.54) is 43.8 Å². The van der Waals surface area contributed by atoms with Crippen molar-refractivity contribution < 1.29 is 4.42 Å². The van der Waals surface area contributed by atoms with Gasteiger partial charge in [0.2, 0.25) is 0 Å². The zero-order valence-corrected chi connectivity index (χ0v) is 39.5. The molecule has 338 valence electrons. The van der Waals surface area contributed by atoms with Crippen LogP contribution in [-0.4, -0.2) is 0 Å². The Morgan fingerprint density at radius 1 is 0.250 bits per heavy atom. The van der Waals surface area contributed by atoms with Gasteiger partial charge < -0.3 is 9.32 Å². The van der Waals surface area contributed by atoms with E-state index < -0.39 is 0 Å². The van der Waals surface area contributed by atoms with Gasteiger partial charge in [-0.1, -0.05) is 237 Å². The maximum Gasteiger partial charge on any atom is 0.143 e. The number of benzene rings is 12. The molecule has 0 spiro atoms. The van der Waals surface area contributed by atoms with Crippen molar-refractivity contribution in [3.05, 3.63) is 285 Å². The van der Waals surface area contributed by atoms with Gasteiger partial charge in [-0.2, -0.15) is 0 Å². The molecule has 0 aliphatic carbocycles. The van der Waals surface area contributed by atoms with E-state index in [0.29, 0.717) is 0 Å². The summed E-state index contributed by atoms with van der Waals surface area (Å²) in [5.74, 6) is 0.883. The normalized spacial score (nSPS) is 11.3. The molecule has 13 aromatic rings. The summed E-state index contributed by atoms with van der Waals surface area (Å²) in [7, 11) is 0. The lowest BCUT2D eigenvalue weighted by atomic mass is 9.95. The van der Waals surface area contributed by atoms with Crippen LogP contribution in [0.15, 0.2) is 290 Å². The smallest absolute Gasteiger partial charge is 0.143 e. The molecule has 2 heteroatoms. The van der Waals surface area contributed by atoms with E-state index in [2.05, 4.69) is 284 Å². The van der Waals surface area contributed by atoms with Crippen molar-refractivity contribution >= 4 is 49.6 Å². The third-order valence-corrected chi connectivity index (χ3v) is 14.1. The average Bonchev–Trinajstić information content (AvgIpc) is 3.86. The lowest BCUT2D eigenvalue weighted by Gasteiger charge is -2.28. The minimum Gasteiger partial charge on any atom is -0.455 e. The fourth-order valence-corrected chi connectivity index (χ4v) is 10.4. The maximum atomic E-state index is 6.58. The van der Waals surface area contributed by atoms with E-state index in [1.54, 1.807) is 0 Å². The van der Waals surface area contributed by atoms with Crippen molar-refractivity contribution in [3.8, 4) is 78.1 Å². The lowest BCUT2D eigenvalue weighted by Crippen LogP contribution is -2.11. The van der Waals surface area contributed by atoms with E-state index in [0.717, 1.165) is 83.9 Å². The lowest BCUT2D eigenvalue weighted by molar-refractivity contribution is 0.632. The predicted octanol–water partition coefficient (Wildman–Crippen LogP) is 19.9. The fraction of sp³-hybridized carbons (Fsp3) is 0. The molecule has 0 aliphatic heterocycles. The Labute approximate surface area is 420 Å². The Morgan fingerprint density at radius 2 is 0.694 bits per heavy atom. The van der Waals surface area contributed by atoms with Gasteiger partial charge in [0.15, 0.2) is 0 Å². The highest BCUT2D eigenvalue weighted by molar-refractivity contribution is 6.08. The first-order chi connectivity index (χ1) is 35.7. The number of hydrogen-bond acceptors (Lipinski definition) is 2. The highest BCUT2D eigenvalue weighted by atomic mass is 16.3. The van der Waals surface area contributed by atoms with Gasteiger partial charge in [-0.3, -0.25) is 0 Å². The van der Waals surface area contributed by atoms with Crippen LogP contribution in [0.4, 0.5) is 17.1 Å². The number of fused-ring (bicyclic) bond motifs is 4. The van der Waals surface area contributed by atoms with Crippen LogP contribution in [0.3, 0.4) is 0 Å². The van der Waals surface area contributed by atoms with E-state index in [-0.39, 0.29) is 0 Å². The molecule has 13 rings (SSSR count). The molecule has 0 unspecified atom stereocenters. The van der Waals surface area contributed by atoms with E-state index in [9.17, 15) is 0 Å². The van der Waals surface area contributed by atoms with Crippen LogP contribution in [0.5, 0.6) is 0 Å². The molecule has 0 amide bonds. The van der Waals surface area contributed by atoms with Gasteiger partial charge in [0.1, 0.15) is 11.3 Å². The monoisotopic (exact) mass is 917 g/mol. The third-order valence-electron chi connectivity index (χ3n) is 14.1. The van der Waals surface area contributed by atoms with E-state index >= 15 is 0 Å². The van der Waals surface area contributed by atoms with Crippen LogP contribution >= 0.6 is 0 Å². The van der Waals surface area contributed by atoms with E-state index in [4.69, 9.17) is 4.42 Å². The number of hydrogen-bond donors (Lipinski definition) is 0. The fourth-order valence-electron chi connectivity index (χ4n) is 10.4. The summed E-state index contributed by atoms with van der Waals surface area (Å²) in [4.78, 5) is 2.39. The molecule has 0 aliphatic rings. The topological polar surface area (TPSA) is 16.4 Å². The summed E-state index contributed by atoms with van der Waals surface area (Å²) >= 11 is 0. The second kappa shape index (κ2) is 18.4. The summed E-state index contributed by atoms with van der Waals surface area (Å²) in [6, 6.07) is 103. The molecule has 72 heavy (non-hydrogen) atoms. The Hall–Kier alpha value is -9.50. The van der Waals surface area contributed by atoms with Crippen molar-refractivity contribution in [1.29, 1.82) is 0 Å². The van der Waals surface area contributed by atoms with Crippen LogP contribution in [-0.2, 0) is 0 Å². The van der Waals surface area contributed by atoms with Crippen LogP contribution in [0.2, 0.25) is 0 Å². The number of nitrogens with zero attached hydrogens (tertiary/aromatic N) is 1. The van der Waals surface area contributed by atoms with Gasteiger partial charge in [-0.05, 0) is 126 Å². The highest BCUT2D eigenvalue weighted by Gasteiger charge is 2.20. The van der Waals surface area contributed by atoms with Gasteiger partial charge in [0, 0.05) is 33.5 Å². The number of anilines is 3. The molecular formula is C70H47NO. The third kappa shape index (κ3) is 8.01. The summed E-state index contributed by atoms with van der Waals surface area (Å²) in [5, 5.41) is 6.17. The van der Waals surface area contributed by atoms with Gasteiger partial charge in [0.25, 0.3) is 0 Å². The van der Waals surface area contributed by atoms with Gasteiger partial charge in [-0.15, -0.1) is 0 Å². The van der Waals surface area contributed by atoms with Crippen LogP contribution < -0.4 is 4.90 Å². The standard InChI is InChI=1S/C70H47NO/c1-3-14-48(15-4-1)49-30-32-55(33-31-49)65-22-9-11-24-67(65)71(62-43-38-53(39-44-62)58-40-45-64-59(46-58)35-34-54-16-7-8-21-63(54)64)61-41-36-51(37-42-61)50-26-28-52(29-27-50)57-19-13-20-60(47-57)70-69(56-17-5-2-6-18-56)66-23-10-12-25-68(66)72-70/h1-47H. The average molecular weight is 918 g/mol. The Balaban J connectivity index is 0.832. The molecule has 1 heterocycles. The molecule has 0 fully saturated rings. The van der Waals surface area contributed by atoms with Gasteiger partial charge in [0.05, 0.1) is 5.69 Å². The summed E-state index contributed by atoms with van der Waals surface area (Å²) in [5.41, 5.74) is 19.1. The highest BCUT2D eigenvalue weighted by Crippen LogP contribution is 2.44. The molecule has 0 N–H and O–H groups in total. The molecule has 12 aromatic carbocycles. The van der Waals surface area contributed by atoms with Gasteiger partial charge >= 0.3 is 0 Å². The van der Waals surface area contributed by atoms with Gasteiger partial charge in [-0.25, -0.2) is 0 Å². The number of rotatable bonds is 10. The largest absolute Gasteiger partial charge is 0.455 e. The molecule has 0 saturated heterocycles. The number of furan rings is 1. The first-order valence-corrected chi connectivity index (χ1v) is 24.6. The van der Waals surface area contributed by atoms with Crippen LogP contribution in [0.1, 0.15) is 0 Å². The first-order valence-electron chi connectivity index (χ1n) is 24.6. The summed E-state index contributed by atoms with van der Waals surface area (Å²) < 4.78 is 6.58. The molecule has 0 bridgehead atoms. The quantitative estimate of drug-likeness (QED) is 0.127. The first kappa shape index (κ1) is 42.6. The van der Waals surface area contributed by atoms with Crippen molar-refractivity contribution in [3.63, 3.8) is 0 Å². The second-order valence-electron chi connectivity index (χ2n) is 18.4. The zero-order valence-electron chi connectivity index (χ0n) is 39.5. The van der Waals surface area contributed by atoms with Crippen LogP contribution in [0, 0.1) is 0 Å². The maximum absolute atomic E-state index is 6.58. The van der Waals surface area contributed by atoms with Crippen molar-refractivity contribution in [2.75, 3.05) is 4.90 Å². The van der Waals surface area contributed by atoms with Crippen molar-refractivity contribution in [2.24, 2.45) is 0 Å². The Morgan fingerprint density at radius 3 is 1.38 bits per heavy atom. The van der Waals surface area contributed by atoms with Crippen molar-refractivity contribution in [1.82, 2.24) is 0 Å².